The van der Waals surface area contributed by atoms with E-state index in [4.69, 9.17) is 0 Å². The topological polar surface area (TPSA) is 0 Å². The van der Waals surface area contributed by atoms with Gasteiger partial charge in [-0.2, -0.15) is 0 Å². The number of rotatable bonds is 4. The molecule has 0 aromatic heterocycles. The van der Waals surface area contributed by atoms with Gasteiger partial charge in [-0.05, 0) is 0 Å². The second-order valence-electron chi connectivity index (χ2n) is 3.43. The zero-order chi connectivity index (χ0) is 9.73. The van der Waals surface area contributed by atoms with Crippen LogP contribution < -0.4 is 0 Å². The summed E-state index contributed by atoms with van der Waals surface area (Å²) >= 11 is 0. The summed E-state index contributed by atoms with van der Waals surface area (Å²) in [5.74, 6) is 0. The van der Waals surface area contributed by atoms with Crippen molar-refractivity contribution < 1.29 is 0 Å². The standard InChI is InChI=1S/C12H17B/c1-4-12(5-2,13-3)11-9-7-6-8-10-11/h6-10H,3-5H2,1-2H3. The molecule has 0 heterocycles. The molecule has 0 aliphatic carbocycles. The SMILES string of the molecule is C=BC(CC)(CC)c1ccccc1. The molecule has 0 unspecified atom stereocenters. The Labute approximate surface area is 81.9 Å². The Morgan fingerprint density at radius 1 is 1.15 bits per heavy atom. The predicted molar refractivity (Wildman–Crippen MR) is 61.6 cm³/mol. The van der Waals surface area contributed by atoms with Crippen LogP contribution in [-0.2, 0) is 5.31 Å². The van der Waals surface area contributed by atoms with Crippen molar-refractivity contribution in [2.75, 3.05) is 0 Å². The zero-order valence-electron chi connectivity index (χ0n) is 8.59. The minimum atomic E-state index is 0.182. The van der Waals surface area contributed by atoms with Crippen LogP contribution in [0.3, 0.4) is 0 Å². The Morgan fingerprint density at radius 3 is 2.08 bits per heavy atom. The van der Waals surface area contributed by atoms with Crippen LogP contribution in [0.1, 0.15) is 32.3 Å². The van der Waals surface area contributed by atoms with E-state index in [1.807, 2.05) is 0 Å². The Hall–Kier alpha value is -0.845. The van der Waals surface area contributed by atoms with Gasteiger partial charge in [0.2, 0.25) is 0 Å². The number of hydrogen-bond donors (Lipinski definition) is 0. The van der Waals surface area contributed by atoms with Crippen LogP contribution in [0.25, 0.3) is 0 Å². The van der Waals surface area contributed by atoms with Crippen molar-refractivity contribution in [2.45, 2.75) is 32.0 Å². The van der Waals surface area contributed by atoms with E-state index in [1.54, 1.807) is 0 Å². The van der Waals surface area contributed by atoms with E-state index in [9.17, 15) is 0 Å². The first-order valence-corrected chi connectivity index (χ1v) is 4.98. The molecule has 0 amide bonds. The van der Waals surface area contributed by atoms with Crippen LogP contribution in [0.15, 0.2) is 30.3 Å². The van der Waals surface area contributed by atoms with Gasteiger partial charge in [0.15, 0.2) is 0 Å². The molecule has 0 spiro atoms. The molecule has 0 bridgehead atoms. The number of hydrogen-bond acceptors (Lipinski definition) is 0. The van der Waals surface area contributed by atoms with E-state index in [-0.39, 0.29) is 5.31 Å². The fourth-order valence-electron chi connectivity index (χ4n) is 1.83. The fourth-order valence-corrected chi connectivity index (χ4v) is 1.83. The Morgan fingerprint density at radius 2 is 1.69 bits per heavy atom. The summed E-state index contributed by atoms with van der Waals surface area (Å²) in [6.07, 6.45) is 2.24. The zero-order valence-corrected chi connectivity index (χ0v) is 8.59. The molecule has 1 heteroatoms. The van der Waals surface area contributed by atoms with Crippen LogP contribution in [0, 0.1) is 0 Å². The summed E-state index contributed by atoms with van der Waals surface area (Å²) in [5.41, 5.74) is 1.38. The molecule has 0 aliphatic heterocycles. The van der Waals surface area contributed by atoms with Crippen LogP contribution in [0.4, 0.5) is 0 Å². The summed E-state index contributed by atoms with van der Waals surface area (Å²) in [7, 11) is 0. The average Bonchev–Trinajstić information content (AvgIpc) is 2.23. The van der Waals surface area contributed by atoms with Crippen molar-refractivity contribution in [1.82, 2.24) is 0 Å². The Balaban J connectivity index is 3.08. The Bertz CT molecular complexity index is 260. The monoisotopic (exact) mass is 172 g/mol. The minimum absolute atomic E-state index is 0.182. The molecule has 68 valence electrons. The van der Waals surface area contributed by atoms with Gasteiger partial charge >= 0.3 is 81.3 Å². The molecule has 0 radical (unpaired) electrons. The molecule has 0 N–H and O–H groups in total. The quantitative estimate of drug-likeness (QED) is 0.612. The molecule has 0 saturated carbocycles. The van der Waals surface area contributed by atoms with Gasteiger partial charge in [-0.15, -0.1) is 0 Å². The van der Waals surface area contributed by atoms with Crippen LogP contribution in [0.2, 0.25) is 0 Å². The van der Waals surface area contributed by atoms with E-state index in [2.05, 4.69) is 57.6 Å². The third-order valence-electron chi connectivity index (χ3n) is 3.00. The van der Waals surface area contributed by atoms with Crippen molar-refractivity contribution >= 4 is 13.4 Å². The van der Waals surface area contributed by atoms with E-state index in [1.165, 1.54) is 5.56 Å². The van der Waals surface area contributed by atoms with Gasteiger partial charge in [0.25, 0.3) is 0 Å². The van der Waals surface area contributed by atoms with E-state index in [0.29, 0.717) is 0 Å². The first-order chi connectivity index (χ1) is 6.29. The van der Waals surface area contributed by atoms with Crippen molar-refractivity contribution in [3.8, 4) is 0 Å². The van der Waals surface area contributed by atoms with E-state index in [0.717, 1.165) is 12.8 Å². The van der Waals surface area contributed by atoms with Gasteiger partial charge in [0.05, 0.1) is 0 Å². The third kappa shape index (κ3) is 1.90. The van der Waals surface area contributed by atoms with Gasteiger partial charge in [0.1, 0.15) is 0 Å². The maximum atomic E-state index is 3.95. The van der Waals surface area contributed by atoms with E-state index < -0.39 is 0 Å². The second-order valence-corrected chi connectivity index (χ2v) is 3.43. The van der Waals surface area contributed by atoms with Crippen LogP contribution in [0.5, 0.6) is 0 Å². The summed E-state index contributed by atoms with van der Waals surface area (Å²) in [6, 6.07) is 10.6. The average molecular weight is 172 g/mol. The molecular weight excluding hydrogens is 155 g/mol. The summed E-state index contributed by atoms with van der Waals surface area (Å²) in [4.78, 5) is 0. The summed E-state index contributed by atoms with van der Waals surface area (Å²) < 4.78 is 0. The molecule has 0 nitrogen and oxygen atoms in total. The first-order valence-electron chi connectivity index (χ1n) is 4.98. The van der Waals surface area contributed by atoms with Gasteiger partial charge < -0.3 is 0 Å². The molecule has 1 rings (SSSR count). The van der Waals surface area contributed by atoms with Crippen LogP contribution in [-0.4, -0.2) is 13.4 Å². The predicted octanol–water partition coefficient (Wildman–Crippen LogP) is 2.84. The molecule has 0 aliphatic rings. The summed E-state index contributed by atoms with van der Waals surface area (Å²) in [5, 5.41) is 0.182. The summed E-state index contributed by atoms with van der Waals surface area (Å²) in [6.45, 7) is 10.5. The van der Waals surface area contributed by atoms with Crippen LogP contribution >= 0.6 is 0 Å². The van der Waals surface area contributed by atoms with Gasteiger partial charge in [-0.1, -0.05) is 0 Å². The Kier molecular flexibility index (Phi) is 3.47. The van der Waals surface area contributed by atoms with Gasteiger partial charge in [-0.3, -0.25) is 0 Å². The molecule has 1 aromatic rings. The molecule has 0 fully saturated rings. The second kappa shape index (κ2) is 4.41. The third-order valence-corrected chi connectivity index (χ3v) is 3.00. The molecule has 13 heavy (non-hydrogen) atoms. The normalized spacial score (nSPS) is 10.9. The molecular formula is C12H17B. The number of benzene rings is 1. The van der Waals surface area contributed by atoms with Crippen molar-refractivity contribution in [3.63, 3.8) is 0 Å². The first kappa shape index (κ1) is 10.2. The molecule has 1 aromatic carbocycles. The van der Waals surface area contributed by atoms with Crippen molar-refractivity contribution in [1.29, 1.82) is 0 Å². The van der Waals surface area contributed by atoms with Gasteiger partial charge in [-0.25, -0.2) is 0 Å². The van der Waals surface area contributed by atoms with Crippen molar-refractivity contribution in [2.24, 2.45) is 0 Å². The van der Waals surface area contributed by atoms with Gasteiger partial charge in [0, 0.05) is 0 Å². The van der Waals surface area contributed by atoms with Crippen molar-refractivity contribution in [3.05, 3.63) is 35.9 Å². The molecule has 0 atom stereocenters. The van der Waals surface area contributed by atoms with E-state index >= 15 is 0 Å². The fraction of sp³-hybridized carbons (Fsp3) is 0.417. The maximum absolute atomic E-state index is 3.95. The molecule has 0 saturated heterocycles.